The van der Waals surface area contributed by atoms with Gasteiger partial charge in [-0.05, 0) is 37.8 Å². The fourth-order valence-corrected chi connectivity index (χ4v) is 1.82. The molecule has 1 aliphatic carbocycles. The molecule has 1 aromatic rings. The molecule has 0 aromatic heterocycles. The molecule has 1 fully saturated rings. The van der Waals surface area contributed by atoms with Crippen LogP contribution in [-0.4, -0.2) is 25.2 Å². The molecule has 3 N–H and O–H groups in total. The lowest BCUT2D eigenvalue weighted by molar-refractivity contribution is 0.324. The van der Waals surface area contributed by atoms with Crippen molar-refractivity contribution in [3.63, 3.8) is 0 Å². The lowest BCUT2D eigenvalue weighted by Crippen LogP contribution is -2.33. The van der Waals surface area contributed by atoms with Gasteiger partial charge in [-0.3, -0.25) is 0 Å². The number of hydrogen-bond donors (Lipinski definition) is 2. The van der Waals surface area contributed by atoms with Gasteiger partial charge in [-0.25, -0.2) is 4.99 Å². The van der Waals surface area contributed by atoms with E-state index < -0.39 is 0 Å². The number of benzene rings is 1. The molecular weight excluding hydrogens is 226 g/mol. The summed E-state index contributed by atoms with van der Waals surface area (Å²) in [5.41, 5.74) is 8.05. The maximum Gasteiger partial charge on any atom is 0.188 e. The lowest BCUT2D eigenvalue weighted by Gasteiger charge is -2.11. The minimum absolute atomic E-state index is 0.530. The van der Waals surface area contributed by atoms with Gasteiger partial charge >= 0.3 is 0 Å². The van der Waals surface area contributed by atoms with Gasteiger partial charge < -0.3 is 15.8 Å². The zero-order chi connectivity index (χ0) is 13.0. The Bertz CT molecular complexity index is 418. The summed E-state index contributed by atoms with van der Waals surface area (Å²) >= 11 is 0. The topological polar surface area (TPSA) is 59.6 Å². The van der Waals surface area contributed by atoms with Crippen molar-refractivity contribution in [1.29, 1.82) is 0 Å². The third kappa shape index (κ3) is 3.65. The fourth-order valence-electron chi connectivity index (χ4n) is 1.82. The van der Waals surface area contributed by atoms with E-state index in [-0.39, 0.29) is 0 Å². The Kier molecular flexibility index (Phi) is 4.07. The van der Waals surface area contributed by atoms with Crippen LogP contribution in [0.4, 0.5) is 0 Å². The lowest BCUT2D eigenvalue weighted by atomic mass is 10.1. The van der Waals surface area contributed by atoms with Crippen molar-refractivity contribution >= 4 is 5.96 Å². The van der Waals surface area contributed by atoms with Gasteiger partial charge in [0.1, 0.15) is 12.4 Å². The van der Waals surface area contributed by atoms with E-state index in [4.69, 9.17) is 10.5 Å². The van der Waals surface area contributed by atoms with Gasteiger partial charge in [0.25, 0.3) is 0 Å². The van der Waals surface area contributed by atoms with Crippen LogP contribution in [0.2, 0.25) is 0 Å². The van der Waals surface area contributed by atoms with Gasteiger partial charge in [0, 0.05) is 6.04 Å². The molecule has 0 unspecified atom stereocenters. The molecule has 98 valence electrons. The first kappa shape index (κ1) is 12.7. The van der Waals surface area contributed by atoms with Gasteiger partial charge in [-0.15, -0.1) is 0 Å². The summed E-state index contributed by atoms with van der Waals surface area (Å²) in [5, 5.41) is 3.15. The Morgan fingerprint density at radius 3 is 2.67 bits per heavy atom. The molecule has 1 aliphatic rings. The Morgan fingerprint density at radius 1 is 1.39 bits per heavy atom. The molecule has 0 bridgehead atoms. The Morgan fingerprint density at radius 2 is 2.06 bits per heavy atom. The Labute approximate surface area is 108 Å². The molecule has 0 heterocycles. The first-order valence-electron chi connectivity index (χ1n) is 6.42. The van der Waals surface area contributed by atoms with Crippen molar-refractivity contribution < 1.29 is 4.74 Å². The van der Waals surface area contributed by atoms with Gasteiger partial charge in [0.05, 0.1) is 6.54 Å². The van der Waals surface area contributed by atoms with Crippen LogP contribution in [0, 0.1) is 13.8 Å². The summed E-state index contributed by atoms with van der Waals surface area (Å²) in [5.74, 6) is 1.49. The van der Waals surface area contributed by atoms with Crippen LogP contribution >= 0.6 is 0 Å². The summed E-state index contributed by atoms with van der Waals surface area (Å²) in [4.78, 5) is 4.24. The molecule has 0 amide bonds. The predicted molar refractivity (Wildman–Crippen MR) is 74.1 cm³/mol. The molecule has 18 heavy (non-hydrogen) atoms. The second-order valence-electron chi connectivity index (χ2n) is 4.75. The van der Waals surface area contributed by atoms with E-state index in [0.29, 0.717) is 25.2 Å². The third-order valence-corrected chi connectivity index (χ3v) is 2.96. The van der Waals surface area contributed by atoms with Crippen molar-refractivity contribution in [2.24, 2.45) is 10.7 Å². The first-order chi connectivity index (χ1) is 8.66. The van der Waals surface area contributed by atoms with Gasteiger partial charge in [0.2, 0.25) is 0 Å². The number of ether oxygens (including phenoxy) is 1. The Balaban J connectivity index is 1.77. The maximum absolute atomic E-state index is 5.75. The number of guanidine groups is 1. The van der Waals surface area contributed by atoms with Gasteiger partial charge in [-0.2, -0.15) is 0 Å². The number of rotatable bonds is 5. The summed E-state index contributed by atoms with van der Waals surface area (Å²) < 4.78 is 5.75. The van der Waals surface area contributed by atoms with E-state index in [1.54, 1.807) is 0 Å². The number of para-hydroxylation sites is 1. The van der Waals surface area contributed by atoms with Gasteiger partial charge in [-0.1, -0.05) is 18.2 Å². The molecule has 4 heteroatoms. The van der Waals surface area contributed by atoms with Crippen LogP contribution in [0.25, 0.3) is 0 Å². The minimum atomic E-state index is 0.530. The second kappa shape index (κ2) is 5.76. The van der Waals surface area contributed by atoms with Crippen molar-refractivity contribution in [3.8, 4) is 5.75 Å². The Hall–Kier alpha value is -1.71. The summed E-state index contributed by atoms with van der Waals surface area (Å²) in [6, 6.07) is 6.68. The highest BCUT2D eigenvalue weighted by molar-refractivity contribution is 5.78. The number of nitrogens with two attached hydrogens (primary N) is 1. The third-order valence-electron chi connectivity index (χ3n) is 2.96. The normalized spacial score (nSPS) is 15.6. The highest BCUT2D eigenvalue weighted by Gasteiger charge is 2.21. The number of hydrogen-bond acceptors (Lipinski definition) is 2. The summed E-state index contributed by atoms with van der Waals surface area (Å²) in [6.45, 7) is 5.24. The molecule has 0 spiro atoms. The van der Waals surface area contributed by atoms with Crippen LogP contribution in [0.3, 0.4) is 0 Å². The van der Waals surface area contributed by atoms with Crippen molar-refractivity contribution in [2.45, 2.75) is 32.7 Å². The SMILES string of the molecule is Cc1cccc(C)c1OCCN=C(N)NC1CC1. The van der Waals surface area contributed by atoms with Crippen LogP contribution in [0.15, 0.2) is 23.2 Å². The highest BCUT2D eigenvalue weighted by atomic mass is 16.5. The van der Waals surface area contributed by atoms with E-state index in [1.807, 2.05) is 6.07 Å². The molecular formula is C14H21N3O. The smallest absolute Gasteiger partial charge is 0.188 e. The average molecular weight is 247 g/mol. The van der Waals surface area contributed by atoms with Crippen LogP contribution in [0.5, 0.6) is 5.75 Å². The van der Waals surface area contributed by atoms with Crippen LogP contribution < -0.4 is 15.8 Å². The summed E-state index contributed by atoms with van der Waals surface area (Å²) in [6.07, 6.45) is 2.41. The van der Waals surface area contributed by atoms with Crippen molar-refractivity contribution in [1.82, 2.24) is 5.32 Å². The van der Waals surface area contributed by atoms with E-state index in [0.717, 1.165) is 16.9 Å². The zero-order valence-electron chi connectivity index (χ0n) is 11.1. The molecule has 0 radical (unpaired) electrons. The molecule has 2 rings (SSSR count). The van der Waals surface area contributed by atoms with Crippen molar-refractivity contribution in [2.75, 3.05) is 13.2 Å². The number of aliphatic imine (C=N–C) groups is 1. The number of nitrogens with one attached hydrogen (secondary N) is 1. The monoisotopic (exact) mass is 247 g/mol. The predicted octanol–water partition coefficient (Wildman–Crippen LogP) is 1.75. The second-order valence-corrected chi connectivity index (χ2v) is 4.75. The minimum Gasteiger partial charge on any atom is -0.491 e. The quantitative estimate of drug-likeness (QED) is 0.473. The van der Waals surface area contributed by atoms with Crippen LogP contribution in [0.1, 0.15) is 24.0 Å². The fraction of sp³-hybridized carbons (Fsp3) is 0.500. The maximum atomic E-state index is 5.75. The van der Waals surface area contributed by atoms with Crippen LogP contribution in [-0.2, 0) is 0 Å². The van der Waals surface area contributed by atoms with Gasteiger partial charge in [0.15, 0.2) is 5.96 Å². The molecule has 1 aromatic carbocycles. The van der Waals surface area contributed by atoms with E-state index in [1.165, 1.54) is 12.8 Å². The van der Waals surface area contributed by atoms with Crippen molar-refractivity contribution in [3.05, 3.63) is 29.3 Å². The zero-order valence-corrected chi connectivity index (χ0v) is 11.1. The number of nitrogens with zero attached hydrogens (tertiary/aromatic N) is 1. The standard InChI is InChI=1S/C14H21N3O/c1-10-4-3-5-11(2)13(10)18-9-8-16-14(15)17-12-6-7-12/h3-5,12H,6-9H2,1-2H3,(H3,15,16,17). The molecule has 0 saturated heterocycles. The molecule has 0 atom stereocenters. The number of aryl methyl sites for hydroxylation is 2. The largest absolute Gasteiger partial charge is 0.491 e. The highest BCUT2D eigenvalue weighted by Crippen LogP contribution is 2.22. The average Bonchev–Trinajstić information content (AvgIpc) is 3.11. The van der Waals surface area contributed by atoms with E-state index in [2.05, 4.69) is 36.3 Å². The van der Waals surface area contributed by atoms with E-state index in [9.17, 15) is 0 Å². The van der Waals surface area contributed by atoms with E-state index >= 15 is 0 Å². The molecule has 1 saturated carbocycles. The summed E-state index contributed by atoms with van der Waals surface area (Å²) in [7, 11) is 0. The molecule has 4 nitrogen and oxygen atoms in total. The first-order valence-corrected chi connectivity index (χ1v) is 6.42. The molecule has 0 aliphatic heterocycles.